The molecule has 0 radical (unpaired) electrons. The molecule has 0 spiro atoms. The van der Waals surface area contributed by atoms with Crippen LogP contribution in [-0.4, -0.2) is 48.3 Å². The van der Waals surface area contributed by atoms with Gasteiger partial charge in [-0.15, -0.1) is 0 Å². The number of carboxylic acid groups (broad SMARTS) is 1. The highest BCUT2D eigenvalue weighted by Crippen LogP contribution is 2.46. The van der Waals surface area contributed by atoms with Gasteiger partial charge in [0, 0.05) is 18.7 Å². The van der Waals surface area contributed by atoms with Gasteiger partial charge in [0.25, 0.3) is 5.91 Å². The van der Waals surface area contributed by atoms with Gasteiger partial charge in [0.2, 0.25) is 0 Å². The summed E-state index contributed by atoms with van der Waals surface area (Å²) in [5, 5.41) is 9.05. The third-order valence-electron chi connectivity index (χ3n) is 4.42. The van der Waals surface area contributed by atoms with Crippen LogP contribution >= 0.6 is 0 Å². The second kappa shape index (κ2) is 5.99. The number of alkyl halides is 3. The molecule has 8 heteroatoms. The molecule has 1 aliphatic rings. The number of amides is 1. The van der Waals surface area contributed by atoms with Gasteiger partial charge in [0.05, 0.1) is 7.11 Å². The lowest BCUT2D eigenvalue weighted by atomic mass is 9.86. The first-order valence-corrected chi connectivity index (χ1v) is 7.28. The predicted octanol–water partition coefficient (Wildman–Crippen LogP) is 2.79. The monoisotopic (exact) mass is 345 g/mol. The summed E-state index contributed by atoms with van der Waals surface area (Å²) < 4.78 is 44.8. The molecule has 1 atom stereocenters. The summed E-state index contributed by atoms with van der Waals surface area (Å²) in [7, 11) is 1.49. The van der Waals surface area contributed by atoms with Crippen molar-refractivity contribution in [3.05, 3.63) is 28.8 Å². The van der Waals surface area contributed by atoms with E-state index in [0.717, 1.165) is 4.90 Å². The molecule has 1 aromatic rings. The number of carboxylic acids is 1. The first-order valence-electron chi connectivity index (χ1n) is 7.28. The molecule has 1 N–H and O–H groups in total. The molecule has 1 fully saturated rings. The van der Waals surface area contributed by atoms with Crippen molar-refractivity contribution < 1.29 is 32.6 Å². The fourth-order valence-corrected chi connectivity index (χ4v) is 3.09. The summed E-state index contributed by atoms with van der Waals surface area (Å²) in [5.74, 6) is -1.97. The Morgan fingerprint density at radius 1 is 1.25 bits per heavy atom. The van der Waals surface area contributed by atoms with Crippen LogP contribution in [0.2, 0.25) is 0 Å². The van der Waals surface area contributed by atoms with Gasteiger partial charge in [-0.2, -0.15) is 13.2 Å². The number of methoxy groups -OCH3 is 1. The quantitative estimate of drug-likeness (QED) is 0.915. The number of benzene rings is 1. The molecule has 1 heterocycles. The molecule has 0 bridgehead atoms. The Hall–Kier alpha value is -2.25. The summed E-state index contributed by atoms with van der Waals surface area (Å²) in [5.41, 5.74) is -1.32. The van der Waals surface area contributed by atoms with Gasteiger partial charge < -0.3 is 14.7 Å². The zero-order valence-corrected chi connectivity index (χ0v) is 13.5. The van der Waals surface area contributed by atoms with Crippen LogP contribution < -0.4 is 4.74 Å². The lowest BCUT2D eigenvalue weighted by molar-refractivity contribution is -0.227. The predicted molar refractivity (Wildman–Crippen MR) is 79.1 cm³/mol. The molecule has 0 aromatic heterocycles. The van der Waals surface area contributed by atoms with E-state index in [4.69, 9.17) is 9.84 Å². The highest BCUT2D eigenvalue weighted by molar-refractivity contribution is 5.95. The summed E-state index contributed by atoms with van der Waals surface area (Å²) in [6.45, 7) is 2.32. The van der Waals surface area contributed by atoms with E-state index >= 15 is 0 Å². The Kier molecular flexibility index (Phi) is 4.52. The van der Waals surface area contributed by atoms with Crippen molar-refractivity contribution in [1.29, 1.82) is 0 Å². The van der Waals surface area contributed by atoms with Gasteiger partial charge in [0.15, 0.2) is 5.41 Å². The molecular weight excluding hydrogens is 327 g/mol. The number of ether oxygens (including phenoxy) is 1. The summed E-state index contributed by atoms with van der Waals surface area (Å²) >= 11 is 0. The van der Waals surface area contributed by atoms with Gasteiger partial charge in [-0.25, -0.2) is 0 Å². The molecule has 24 heavy (non-hydrogen) atoms. The zero-order valence-electron chi connectivity index (χ0n) is 13.5. The molecule has 0 saturated carbocycles. The Labute approximate surface area is 137 Å². The second-order valence-electron chi connectivity index (χ2n) is 6.01. The lowest BCUT2D eigenvalue weighted by Gasteiger charge is -2.27. The Balaban J connectivity index is 2.32. The van der Waals surface area contributed by atoms with Gasteiger partial charge in [-0.1, -0.05) is 0 Å². The first-order chi connectivity index (χ1) is 11.0. The van der Waals surface area contributed by atoms with Gasteiger partial charge in [0.1, 0.15) is 5.75 Å². The lowest BCUT2D eigenvalue weighted by Crippen LogP contribution is -2.47. The van der Waals surface area contributed by atoms with E-state index in [0.29, 0.717) is 16.9 Å². The van der Waals surface area contributed by atoms with Crippen LogP contribution in [0, 0.1) is 19.3 Å². The molecule has 1 amide bonds. The smallest absolute Gasteiger partial charge is 0.406 e. The van der Waals surface area contributed by atoms with Crippen LogP contribution in [0.5, 0.6) is 5.75 Å². The van der Waals surface area contributed by atoms with Crippen molar-refractivity contribution in [3.63, 3.8) is 0 Å². The van der Waals surface area contributed by atoms with E-state index in [1.807, 2.05) is 0 Å². The van der Waals surface area contributed by atoms with E-state index in [2.05, 4.69) is 0 Å². The minimum atomic E-state index is -4.92. The number of nitrogens with zero attached hydrogens (tertiary/aromatic N) is 1. The number of rotatable bonds is 3. The topological polar surface area (TPSA) is 66.8 Å². The van der Waals surface area contributed by atoms with Crippen molar-refractivity contribution >= 4 is 11.9 Å². The molecule has 0 aliphatic carbocycles. The molecule has 2 rings (SSSR count). The maximum atomic E-state index is 13.2. The van der Waals surface area contributed by atoms with E-state index < -0.39 is 36.4 Å². The number of hydrogen-bond acceptors (Lipinski definition) is 3. The van der Waals surface area contributed by atoms with Gasteiger partial charge in [-0.3, -0.25) is 9.59 Å². The van der Waals surface area contributed by atoms with Crippen molar-refractivity contribution in [2.75, 3.05) is 20.2 Å². The SMILES string of the molecule is COc1c(C)cc(C(=O)N2CCC(C(=O)O)(C(F)(F)F)C2)cc1C. The van der Waals surface area contributed by atoms with Crippen molar-refractivity contribution in [2.45, 2.75) is 26.4 Å². The van der Waals surface area contributed by atoms with E-state index in [1.54, 1.807) is 13.8 Å². The number of halogens is 3. The number of hydrogen-bond donors (Lipinski definition) is 1. The Morgan fingerprint density at radius 3 is 2.17 bits per heavy atom. The van der Waals surface area contributed by atoms with E-state index in [1.165, 1.54) is 19.2 Å². The van der Waals surface area contributed by atoms with Crippen LogP contribution in [0.4, 0.5) is 13.2 Å². The van der Waals surface area contributed by atoms with Crippen molar-refractivity contribution in [3.8, 4) is 5.75 Å². The van der Waals surface area contributed by atoms with E-state index in [9.17, 15) is 22.8 Å². The van der Waals surface area contributed by atoms with Crippen LogP contribution in [0.1, 0.15) is 27.9 Å². The molecule has 1 saturated heterocycles. The van der Waals surface area contributed by atoms with Crippen LogP contribution in [0.15, 0.2) is 12.1 Å². The van der Waals surface area contributed by atoms with Crippen molar-refractivity contribution in [2.24, 2.45) is 5.41 Å². The minimum absolute atomic E-state index is 0.217. The third-order valence-corrected chi connectivity index (χ3v) is 4.42. The maximum Gasteiger partial charge on any atom is 0.406 e. The summed E-state index contributed by atoms with van der Waals surface area (Å²) in [4.78, 5) is 24.7. The first kappa shape index (κ1) is 18.1. The Bertz CT molecular complexity index is 663. The van der Waals surface area contributed by atoms with Crippen LogP contribution in [-0.2, 0) is 4.79 Å². The molecule has 1 aliphatic heterocycles. The zero-order chi connectivity index (χ0) is 18.3. The fraction of sp³-hybridized carbons (Fsp3) is 0.500. The fourth-order valence-electron chi connectivity index (χ4n) is 3.09. The molecule has 1 aromatic carbocycles. The Morgan fingerprint density at radius 2 is 1.79 bits per heavy atom. The number of carbonyl (C=O) groups is 2. The minimum Gasteiger partial charge on any atom is -0.496 e. The number of aryl methyl sites for hydroxylation is 2. The molecule has 132 valence electrons. The van der Waals surface area contributed by atoms with E-state index in [-0.39, 0.29) is 12.1 Å². The largest absolute Gasteiger partial charge is 0.496 e. The van der Waals surface area contributed by atoms with Crippen LogP contribution in [0.3, 0.4) is 0 Å². The highest BCUT2D eigenvalue weighted by Gasteiger charge is 2.64. The summed E-state index contributed by atoms with van der Waals surface area (Å²) in [6.07, 6.45) is -5.56. The maximum absolute atomic E-state index is 13.2. The van der Waals surface area contributed by atoms with Crippen LogP contribution in [0.25, 0.3) is 0 Å². The standard InChI is InChI=1S/C16H18F3NO4/c1-9-6-11(7-10(2)12(9)24-3)13(21)20-5-4-15(8-20,14(22)23)16(17,18)19/h6-7H,4-5,8H2,1-3H3,(H,22,23). The highest BCUT2D eigenvalue weighted by atomic mass is 19.4. The third kappa shape index (κ3) is 2.81. The number of likely N-dealkylation sites (tertiary alicyclic amines) is 1. The molecule has 5 nitrogen and oxygen atoms in total. The second-order valence-corrected chi connectivity index (χ2v) is 6.01. The average Bonchev–Trinajstić information content (AvgIpc) is 2.92. The molecule has 1 unspecified atom stereocenters. The normalized spacial score (nSPS) is 21.0. The average molecular weight is 345 g/mol. The number of carbonyl (C=O) groups excluding carboxylic acids is 1. The van der Waals surface area contributed by atoms with Gasteiger partial charge >= 0.3 is 12.1 Å². The summed E-state index contributed by atoms with van der Waals surface area (Å²) in [6, 6.07) is 3.06. The van der Waals surface area contributed by atoms with Crippen molar-refractivity contribution in [1.82, 2.24) is 4.90 Å². The number of aliphatic carboxylic acids is 1. The van der Waals surface area contributed by atoms with Gasteiger partial charge in [-0.05, 0) is 43.5 Å². The molecular formula is C16H18F3NO4.